The van der Waals surface area contributed by atoms with Crippen LogP contribution in [0.5, 0.6) is 5.75 Å². The molecule has 150 valence electrons. The monoisotopic (exact) mass is 427 g/mol. The molecule has 0 aromatic heterocycles. The third-order valence-corrected chi connectivity index (χ3v) is 5.86. The number of carbonyl (C=O) groups excluding carboxylic acids is 1. The van der Waals surface area contributed by atoms with Crippen LogP contribution in [0, 0.1) is 5.82 Å². The van der Waals surface area contributed by atoms with Crippen LogP contribution in [0.15, 0.2) is 53.9 Å². The normalized spacial score (nSPS) is 11.0. The number of benzene rings is 2. The SMILES string of the molecule is C=CCN(c1ccc(Cl)c(C(=O)OCC)c1)S(=O)(=O)c1ccc(OC)c(F)c1. The summed E-state index contributed by atoms with van der Waals surface area (Å²) in [6, 6.07) is 7.46. The summed E-state index contributed by atoms with van der Waals surface area (Å²) in [6.07, 6.45) is 1.37. The maximum absolute atomic E-state index is 14.0. The van der Waals surface area contributed by atoms with Gasteiger partial charge in [-0.1, -0.05) is 17.7 Å². The fraction of sp³-hybridized carbons (Fsp3) is 0.211. The molecule has 0 saturated heterocycles. The first kappa shape index (κ1) is 21.7. The molecule has 0 aliphatic heterocycles. The fourth-order valence-corrected chi connectivity index (χ4v) is 4.06. The Hall–Kier alpha value is -2.58. The van der Waals surface area contributed by atoms with Gasteiger partial charge in [0, 0.05) is 0 Å². The Morgan fingerprint density at radius 2 is 2.00 bits per heavy atom. The van der Waals surface area contributed by atoms with Crippen molar-refractivity contribution in [1.29, 1.82) is 0 Å². The van der Waals surface area contributed by atoms with Gasteiger partial charge in [0.15, 0.2) is 11.6 Å². The number of sulfonamides is 1. The van der Waals surface area contributed by atoms with E-state index in [1.807, 2.05) is 0 Å². The van der Waals surface area contributed by atoms with Crippen molar-refractivity contribution in [3.8, 4) is 5.75 Å². The van der Waals surface area contributed by atoms with Crippen LogP contribution in [-0.2, 0) is 14.8 Å². The van der Waals surface area contributed by atoms with E-state index >= 15 is 0 Å². The number of carbonyl (C=O) groups is 1. The summed E-state index contributed by atoms with van der Waals surface area (Å²) in [5.74, 6) is -1.57. The quantitative estimate of drug-likeness (QED) is 0.469. The minimum atomic E-state index is -4.16. The number of rotatable bonds is 8. The number of hydrogen-bond acceptors (Lipinski definition) is 5. The van der Waals surface area contributed by atoms with Crippen molar-refractivity contribution in [3.05, 3.63) is 65.5 Å². The standard InChI is InChI=1S/C19H19ClFNO5S/c1-4-10-22(13-6-8-16(20)15(11-13)19(23)27-5-2)28(24,25)14-7-9-18(26-3)17(21)12-14/h4,6-9,11-12H,1,5,10H2,2-3H3. The van der Waals surface area contributed by atoms with Gasteiger partial charge in [0.05, 0.1) is 41.4 Å². The average molecular weight is 428 g/mol. The number of halogens is 2. The molecule has 6 nitrogen and oxygen atoms in total. The van der Waals surface area contributed by atoms with Crippen molar-refractivity contribution in [2.75, 3.05) is 24.6 Å². The van der Waals surface area contributed by atoms with Crippen molar-refractivity contribution in [1.82, 2.24) is 0 Å². The molecule has 0 saturated carbocycles. The van der Waals surface area contributed by atoms with Crippen LogP contribution >= 0.6 is 11.6 Å². The van der Waals surface area contributed by atoms with E-state index in [2.05, 4.69) is 6.58 Å². The zero-order valence-electron chi connectivity index (χ0n) is 15.3. The molecule has 2 rings (SSSR count). The number of hydrogen-bond donors (Lipinski definition) is 0. The molecule has 0 amide bonds. The summed E-state index contributed by atoms with van der Waals surface area (Å²) >= 11 is 6.04. The van der Waals surface area contributed by atoms with Gasteiger partial charge >= 0.3 is 5.97 Å². The molecule has 0 aliphatic rings. The Kier molecular flexibility index (Phi) is 7.04. The van der Waals surface area contributed by atoms with Gasteiger partial charge in [-0.3, -0.25) is 4.31 Å². The summed E-state index contributed by atoms with van der Waals surface area (Å²) in [5.41, 5.74) is 0.176. The molecular weight excluding hydrogens is 409 g/mol. The van der Waals surface area contributed by atoms with E-state index < -0.39 is 21.8 Å². The maximum Gasteiger partial charge on any atom is 0.339 e. The number of esters is 1. The molecule has 2 aromatic carbocycles. The number of methoxy groups -OCH3 is 1. The van der Waals surface area contributed by atoms with E-state index in [1.165, 1.54) is 43.5 Å². The predicted octanol–water partition coefficient (Wildman–Crippen LogP) is 4.05. The first-order valence-corrected chi connectivity index (χ1v) is 10.0. The first-order valence-electron chi connectivity index (χ1n) is 8.20. The molecule has 0 bridgehead atoms. The summed E-state index contributed by atoms with van der Waals surface area (Å²) in [6.45, 7) is 5.23. The number of anilines is 1. The van der Waals surface area contributed by atoms with Crippen molar-refractivity contribution in [3.63, 3.8) is 0 Å². The Morgan fingerprint density at radius 3 is 2.57 bits per heavy atom. The molecule has 0 radical (unpaired) electrons. The molecule has 9 heteroatoms. The molecule has 0 atom stereocenters. The topological polar surface area (TPSA) is 72.9 Å². The Labute approximate surface area is 168 Å². The van der Waals surface area contributed by atoms with Crippen molar-refractivity contribution >= 4 is 33.3 Å². The highest BCUT2D eigenvalue weighted by Gasteiger charge is 2.26. The van der Waals surface area contributed by atoms with Gasteiger partial charge < -0.3 is 9.47 Å². The molecule has 0 fully saturated rings. The Balaban J connectivity index is 2.55. The average Bonchev–Trinajstić information content (AvgIpc) is 2.66. The van der Waals surface area contributed by atoms with Gasteiger partial charge in [0.1, 0.15) is 0 Å². The van der Waals surface area contributed by atoms with Crippen molar-refractivity contribution in [2.24, 2.45) is 0 Å². The van der Waals surface area contributed by atoms with Gasteiger partial charge in [-0.2, -0.15) is 0 Å². The highest BCUT2D eigenvalue weighted by Crippen LogP contribution is 2.30. The minimum absolute atomic E-state index is 0.0196. The Bertz CT molecular complexity index is 994. The van der Waals surface area contributed by atoms with Crippen LogP contribution in [0.3, 0.4) is 0 Å². The summed E-state index contributed by atoms with van der Waals surface area (Å²) in [7, 11) is -2.88. The Morgan fingerprint density at radius 1 is 1.29 bits per heavy atom. The van der Waals surface area contributed by atoms with Gasteiger partial charge in [-0.05, 0) is 43.3 Å². The highest BCUT2D eigenvalue weighted by atomic mass is 35.5. The van der Waals surface area contributed by atoms with E-state index in [4.69, 9.17) is 21.1 Å². The van der Waals surface area contributed by atoms with E-state index in [-0.39, 0.29) is 40.1 Å². The molecular formula is C19H19ClFNO5S. The second kappa shape index (κ2) is 9.07. The third-order valence-electron chi connectivity index (χ3n) is 3.74. The summed E-state index contributed by atoms with van der Waals surface area (Å²) in [4.78, 5) is 11.8. The lowest BCUT2D eigenvalue weighted by Gasteiger charge is -2.24. The lowest BCUT2D eigenvalue weighted by Crippen LogP contribution is -2.31. The van der Waals surface area contributed by atoms with Crippen molar-refractivity contribution < 1.29 is 27.1 Å². The van der Waals surface area contributed by atoms with E-state index in [1.54, 1.807) is 6.92 Å². The lowest BCUT2D eigenvalue weighted by molar-refractivity contribution is 0.0526. The number of nitrogens with zero attached hydrogens (tertiary/aromatic N) is 1. The molecule has 0 aliphatic carbocycles. The predicted molar refractivity (Wildman–Crippen MR) is 105 cm³/mol. The first-order chi connectivity index (χ1) is 13.3. The largest absolute Gasteiger partial charge is 0.494 e. The minimum Gasteiger partial charge on any atom is -0.494 e. The second-order valence-electron chi connectivity index (χ2n) is 5.51. The van der Waals surface area contributed by atoms with E-state index in [9.17, 15) is 17.6 Å². The maximum atomic E-state index is 14.0. The second-order valence-corrected chi connectivity index (χ2v) is 7.78. The van der Waals surface area contributed by atoms with Crippen LogP contribution in [0.4, 0.5) is 10.1 Å². The summed E-state index contributed by atoms with van der Waals surface area (Å²) < 4.78 is 51.0. The molecule has 28 heavy (non-hydrogen) atoms. The summed E-state index contributed by atoms with van der Waals surface area (Å²) in [5, 5.41) is 0.119. The van der Waals surface area contributed by atoms with Crippen LogP contribution in [0.2, 0.25) is 5.02 Å². The van der Waals surface area contributed by atoms with Crippen LogP contribution < -0.4 is 9.04 Å². The van der Waals surface area contributed by atoms with E-state index in [0.717, 1.165) is 10.4 Å². The van der Waals surface area contributed by atoms with Crippen LogP contribution in [0.25, 0.3) is 0 Å². The highest BCUT2D eigenvalue weighted by molar-refractivity contribution is 7.92. The fourth-order valence-electron chi connectivity index (χ4n) is 2.43. The molecule has 0 spiro atoms. The van der Waals surface area contributed by atoms with Crippen molar-refractivity contribution in [2.45, 2.75) is 11.8 Å². The smallest absolute Gasteiger partial charge is 0.339 e. The molecule has 0 heterocycles. The zero-order chi connectivity index (χ0) is 20.9. The van der Waals surface area contributed by atoms with Crippen LogP contribution in [0.1, 0.15) is 17.3 Å². The lowest BCUT2D eigenvalue weighted by atomic mass is 10.2. The van der Waals surface area contributed by atoms with Gasteiger partial charge in [0.25, 0.3) is 10.0 Å². The number of ether oxygens (including phenoxy) is 2. The van der Waals surface area contributed by atoms with Gasteiger partial charge in [0.2, 0.25) is 0 Å². The van der Waals surface area contributed by atoms with Crippen LogP contribution in [-0.4, -0.2) is 34.6 Å². The van der Waals surface area contributed by atoms with E-state index in [0.29, 0.717) is 0 Å². The van der Waals surface area contributed by atoms with Gasteiger partial charge in [-0.15, -0.1) is 6.58 Å². The molecule has 0 N–H and O–H groups in total. The zero-order valence-corrected chi connectivity index (χ0v) is 16.9. The third kappa shape index (κ3) is 4.45. The molecule has 0 unspecified atom stereocenters. The van der Waals surface area contributed by atoms with Gasteiger partial charge in [-0.25, -0.2) is 17.6 Å². The molecule has 2 aromatic rings.